The van der Waals surface area contributed by atoms with Crippen LogP contribution in [0.25, 0.3) is 21.8 Å². The first-order valence-corrected chi connectivity index (χ1v) is 8.07. The predicted octanol–water partition coefficient (Wildman–Crippen LogP) is 5.42. The number of thiazole rings is 1. The molecule has 0 N–H and O–H groups in total. The molecule has 2 aromatic carbocycles. The Morgan fingerprint density at radius 2 is 2.05 bits per heavy atom. The van der Waals surface area contributed by atoms with Crippen molar-refractivity contribution in [3.8, 4) is 27.9 Å². The van der Waals surface area contributed by atoms with Gasteiger partial charge in [-0.1, -0.05) is 40.2 Å². The Balaban J connectivity index is 2.02. The minimum Gasteiger partial charge on any atom is -0.236 e. The molecule has 0 aliphatic carbocycles. The lowest BCUT2D eigenvalue weighted by Gasteiger charge is -2.02. The summed E-state index contributed by atoms with van der Waals surface area (Å²) in [6.45, 7) is 2.06. The Bertz CT molecular complexity index is 846. The summed E-state index contributed by atoms with van der Waals surface area (Å²) in [5.41, 5.74) is 4.83. The summed E-state index contributed by atoms with van der Waals surface area (Å²) in [6.07, 6.45) is 0. The Hall–Kier alpha value is -1.96. The van der Waals surface area contributed by atoms with Crippen LogP contribution in [0.4, 0.5) is 0 Å². The fraction of sp³-hybridized carbons (Fsp3) is 0.0588. The van der Waals surface area contributed by atoms with E-state index in [0.29, 0.717) is 5.56 Å². The van der Waals surface area contributed by atoms with Crippen molar-refractivity contribution in [2.24, 2.45) is 0 Å². The van der Waals surface area contributed by atoms with Crippen molar-refractivity contribution in [2.75, 3.05) is 0 Å². The first-order valence-electron chi connectivity index (χ1n) is 6.40. The van der Waals surface area contributed by atoms with E-state index >= 15 is 0 Å². The van der Waals surface area contributed by atoms with E-state index in [9.17, 15) is 0 Å². The van der Waals surface area contributed by atoms with Gasteiger partial charge in [0.1, 0.15) is 5.01 Å². The van der Waals surface area contributed by atoms with Crippen molar-refractivity contribution >= 4 is 27.3 Å². The van der Waals surface area contributed by atoms with Crippen molar-refractivity contribution < 1.29 is 0 Å². The van der Waals surface area contributed by atoms with Crippen LogP contribution in [0.15, 0.2) is 52.3 Å². The summed E-state index contributed by atoms with van der Waals surface area (Å²) >= 11 is 5.20. The molecule has 1 heterocycles. The molecular formula is C17H11BrN2S. The van der Waals surface area contributed by atoms with Crippen LogP contribution in [0, 0.1) is 18.3 Å². The molecule has 3 aromatic rings. The molecule has 2 nitrogen and oxygen atoms in total. The highest BCUT2D eigenvalue weighted by atomic mass is 79.9. The van der Waals surface area contributed by atoms with E-state index in [0.717, 1.165) is 26.3 Å². The maximum absolute atomic E-state index is 8.98. The average molecular weight is 355 g/mol. The summed E-state index contributed by atoms with van der Waals surface area (Å²) < 4.78 is 1.05. The summed E-state index contributed by atoms with van der Waals surface area (Å²) in [6, 6.07) is 15.9. The van der Waals surface area contributed by atoms with Crippen molar-refractivity contribution in [1.82, 2.24) is 4.98 Å². The Morgan fingerprint density at radius 1 is 1.19 bits per heavy atom. The van der Waals surface area contributed by atoms with Crippen LogP contribution in [0.2, 0.25) is 0 Å². The van der Waals surface area contributed by atoms with E-state index in [1.807, 2.05) is 23.6 Å². The number of aryl methyl sites for hydroxylation is 1. The number of halogens is 1. The van der Waals surface area contributed by atoms with E-state index < -0.39 is 0 Å². The van der Waals surface area contributed by atoms with Crippen LogP contribution in [0.1, 0.15) is 11.1 Å². The minimum atomic E-state index is 0.651. The smallest absolute Gasteiger partial charge is 0.125 e. The number of benzene rings is 2. The zero-order valence-corrected chi connectivity index (χ0v) is 13.7. The zero-order valence-electron chi connectivity index (χ0n) is 11.3. The van der Waals surface area contributed by atoms with E-state index in [1.165, 1.54) is 5.56 Å². The van der Waals surface area contributed by atoms with Crippen molar-refractivity contribution in [1.29, 1.82) is 5.26 Å². The van der Waals surface area contributed by atoms with Gasteiger partial charge in [0, 0.05) is 21.0 Å². The van der Waals surface area contributed by atoms with Crippen molar-refractivity contribution in [2.45, 2.75) is 6.92 Å². The quantitative estimate of drug-likeness (QED) is 0.615. The fourth-order valence-electron chi connectivity index (χ4n) is 2.07. The molecule has 21 heavy (non-hydrogen) atoms. The third-order valence-electron chi connectivity index (χ3n) is 3.15. The molecule has 0 fully saturated rings. The Labute approximate surface area is 135 Å². The zero-order chi connectivity index (χ0) is 14.8. The summed E-state index contributed by atoms with van der Waals surface area (Å²) in [5, 5.41) is 12.0. The van der Waals surface area contributed by atoms with E-state index in [4.69, 9.17) is 10.2 Å². The molecule has 1 aromatic heterocycles. The minimum absolute atomic E-state index is 0.651. The standard InChI is InChI=1S/C17H11BrN2S/c1-11-5-6-14(15(18)7-11)17-20-16(10-21-17)13-4-2-3-12(8-13)9-19/h2-8,10H,1H3. The van der Waals surface area contributed by atoms with Gasteiger partial charge in [0.25, 0.3) is 0 Å². The van der Waals surface area contributed by atoms with Crippen LogP contribution in [-0.4, -0.2) is 4.98 Å². The van der Waals surface area contributed by atoms with Gasteiger partial charge in [0.05, 0.1) is 17.3 Å². The molecule has 0 saturated carbocycles. The largest absolute Gasteiger partial charge is 0.236 e. The van der Waals surface area contributed by atoms with E-state index in [2.05, 4.69) is 47.1 Å². The second-order valence-electron chi connectivity index (χ2n) is 4.71. The molecule has 0 aliphatic heterocycles. The second-order valence-corrected chi connectivity index (χ2v) is 6.43. The molecule has 0 bridgehead atoms. The Morgan fingerprint density at radius 3 is 2.81 bits per heavy atom. The maximum atomic E-state index is 8.98. The predicted molar refractivity (Wildman–Crippen MR) is 90.1 cm³/mol. The molecule has 0 amide bonds. The number of rotatable bonds is 2. The number of hydrogen-bond donors (Lipinski definition) is 0. The number of hydrogen-bond acceptors (Lipinski definition) is 3. The van der Waals surface area contributed by atoms with Crippen molar-refractivity contribution in [3.05, 3.63) is 63.4 Å². The Kier molecular flexibility index (Phi) is 3.87. The van der Waals surface area contributed by atoms with Gasteiger partial charge in [-0.25, -0.2) is 4.98 Å². The maximum Gasteiger partial charge on any atom is 0.125 e. The average Bonchev–Trinajstić information content (AvgIpc) is 2.97. The highest BCUT2D eigenvalue weighted by Crippen LogP contribution is 2.34. The molecule has 0 spiro atoms. The lowest BCUT2D eigenvalue weighted by Crippen LogP contribution is -1.83. The lowest BCUT2D eigenvalue weighted by atomic mass is 10.1. The molecule has 4 heteroatoms. The van der Waals surface area contributed by atoms with Crippen LogP contribution < -0.4 is 0 Å². The first kappa shape index (κ1) is 14.0. The highest BCUT2D eigenvalue weighted by molar-refractivity contribution is 9.10. The lowest BCUT2D eigenvalue weighted by molar-refractivity contribution is 1.38. The van der Waals surface area contributed by atoms with E-state index in [-0.39, 0.29) is 0 Å². The van der Waals surface area contributed by atoms with Gasteiger partial charge in [-0.15, -0.1) is 11.3 Å². The van der Waals surface area contributed by atoms with Crippen molar-refractivity contribution in [3.63, 3.8) is 0 Å². The number of nitriles is 1. The fourth-order valence-corrected chi connectivity index (χ4v) is 3.75. The van der Waals surface area contributed by atoms with Gasteiger partial charge >= 0.3 is 0 Å². The van der Waals surface area contributed by atoms with Gasteiger partial charge in [-0.3, -0.25) is 0 Å². The molecular weight excluding hydrogens is 344 g/mol. The van der Waals surface area contributed by atoms with E-state index in [1.54, 1.807) is 17.4 Å². The van der Waals surface area contributed by atoms with Crippen LogP contribution in [-0.2, 0) is 0 Å². The molecule has 0 radical (unpaired) electrons. The number of aromatic nitrogens is 1. The van der Waals surface area contributed by atoms with Crippen LogP contribution in [0.5, 0.6) is 0 Å². The topological polar surface area (TPSA) is 36.7 Å². The molecule has 0 saturated heterocycles. The SMILES string of the molecule is Cc1ccc(-c2nc(-c3cccc(C#N)c3)cs2)c(Br)c1. The summed E-state index contributed by atoms with van der Waals surface area (Å²) in [7, 11) is 0. The third-order valence-corrected chi connectivity index (χ3v) is 4.68. The summed E-state index contributed by atoms with van der Waals surface area (Å²) in [4.78, 5) is 4.70. The third kappa shape index (κ3) is 2.90. The van der Waals surface area contributed by atoms with Crippen LogP contribution >= 0.6 is 27.3 Å². The molecule has 102 valence electrons. The van der Waals surface area contributed by atoms with Crippen LogP contribution in [0.3, 0.4) is 0 Å². The molecule has 0 unspecified atom stereocenters. The normalized spacial score (nSPS) is 10.3. The van der Waals surface area contributed by atoms with Gasteiger partial charge in [-0.2, -0.15) is 5.26 Å². The highest BCUT2D eigenvalue weighted by Gasteiger charge is 2.10. The molecule has 0 aliphatic rings. The number of nitrogens with zero attached hydrogens (tertiary/aromatic N) is 2. The van der Waals surface area contributed by atoms with Gasteiger partial charge in [0.15, 0.2) is 0 Å². The summed E-state index contributed by atoms with van der Waals surface area (Å²) in [5.74, 6) is 0. The molecule has 3 rings (SSSR count). The monoisotopic (exact) mass is 354 g/mol. The van der Waals surface area contributed by atoms with Gasteiger partial charge in [0.2, 0.25) is 0 Å². The molecule has 0 atom stereocenters. The first-order chi connectivity index (χ1) is 10.2. The van der Waals surface area contributed by atoms with Gasteiger partial charge < -0.3 is 0 Å². The van der Waals surface area contributed by atoms with Gasteiger partial charge in [-0.05, 0) is 30.7 Å². The second kappa shape index (κ2) is 5.80.